The summed E-state index contributed by atoms with van der Waals surface area (Å²) < 4.78 is 5.15. The normalized spacial score (nSPS) is 11.4. The Labute approximate surface area is 224 Å². The Balaban J connectivity index is 1.68. The second-order valence-electron chi connectivity index (χ2n) is 11.1. The summed E-state index contributed by atoms with van der Waals surface area (Å²) in [5.74, 6) is 1.57. The van der Waals surface area contributed by atoms with Gasteiger partial charge in [0.05, 0.1) is 13.1 Å². The van der Waals surface area contributed by atoms with E-state index in [-0.39, 0.29) is 0 Å². The Hall–Kier alpha value is -1.57. The Kier molecular flexibility index (Phi) is 18.3. The predicted octanol–water partition coefficient (Wildman–Crippen LogP) is 10.0. The van der Waals surface area contributed by atoms with Crippen LogP contribution < -0.4 is 4.57 Å². The molecule has 2 rings (SSSR count). The highest BCUT2D eigenvalue weighted by Crippen LogP contribution is 2.14. The van der Waals surface area contributed by atoms with Crippen LogP contribution in [0.3, 0.4) is 0 Å². The molecule has 0 aliphatic carbocycles. The monoisotopic (exact) mass is 495 g/mol. The fourth-order valence-electron chi connectivity index (χ4n) is 5.48. The number of hydrogen-bond acceptors (Lipinski definition) is 0. The van der Waals surface area contributed by atoms with Gasteiger partial charge in [-0.2, -0.15) is 0 Å². The van der Waals surface area contributed by atoms with Crippen molar-refractivity contribution >= 4 is 0 Å². The highest BCUT2D eigenvalue weighted by molar-refractivity contribution is 5.14. The minimum absolute atomic E-state index is 1.14. The van der Waals surface area contributed by atoms with Crippen LogP contribution in [0.4, 0.5) is 0 Å². The average Bonchev–Trinajstić information content (AvgIpc) is 3.28. The number of unbranched alkanes of at least 4 members (excludes halogenated alkanes) is 16. The molecular weight excluding hydrogens is 436 g/mol. The lowest BCUT2D eigenvalue weighted by atomic mass is 10.1. The van der Waals surface area contributed by atoms with Crippen molar-refractivity contribution in [3.05, 3.63) is 54.1 Å². The summed E-state index contributed by atoms with van der Waals surface area (Å²) >= 11 is 0. The van der Waals surface area contributed by atoms with Gasteiger partial charge in [-0.25, -0.2) is 9.13 Å². The van der Waals surface area contributed by atoms with Crippen LogP contribution in [0.5, 0.6) is 0 Å². The molecule has 1 aromatic heterocycles. The Morgan fingerprint density at radius 1 is 0.556 bits per heavy atom. The summed E-state index contributed by atoms with van der Waals surface area (Å²) in [7, 11) is 0. The molecule has 0 aliphatic rings. The first-order chi connectivity index (χ1) is 17.8. The van der Waals surface area contributed by atoms with Crippen molar-refractivity contribution in [1.82, 2.24) is 4.57 Å². The van der Waals surface area contributed by atoms with E-state index in [0.717, 1.165) is 6.54 Å². The molecule has 36 heavy (non-hydrogen) atoms. The van der Waals surface area contributed by atoms with Crippen LogP contribution in [0.25, 0.3) is 0 Å². The van der Waals surface area contributed by atoms with Crippen molar-refractivity contribution in [1.29, 1.82) is 0 Å². The second-order valence-corrected chi connectivity index (χ2v) is 11.1. The summed E-state index contributed by atoms with van der Waals surface area (Å²) in [5.41, 5.74) is 1.46. The third kappa shape index (κ3) is 14.2. The molecule has 0 bridgehead atoms. The lowest BCUT2D eigenvalue weighted by Crippen LogP contribution is -2.37. The van der Waals surface area contributed by atoms with Crippen LogP contribution in [0.15, 0.2) is 42.7 Å². The largest absolute Gasteiger partial charge is 0.256 e. The molecule has 2 aromatic rings. The van der Waals surface area contributed by atoms with Crippen LogP contribution in [0.2, 0.25) is 0 Å². The van der Waals surface area contributed by atoms with Crippen LogP contribution in [0.1, 0.15) is 147 Å². The van der Waals surface area contributed by atoms with Gasteiger partial charge >= 0.3 is 0 Å². The summed E-state index contributed by atoms with van der Waals surface area (Å²) in [5, 5.41) is 0. The van der Waals surface area contributed by atoms with Crippen molar-refractivity contribution in [3.63, 3.8) is 0 Å². The summed E-state index contributed by atoms with van der Waals surface area (Å²) in [6, 6.07) is 11.0. The van der Waals surface area contributed by atoms with Crippen LogP contribution in [0, 0.1) is 0 Å². The van der Waals surface area contributed by atoms with Crippen LogP contribution in [-0.2, 0) is 25.9 Å². The standard InChI is InChI=1S/C34H59N2/c1-3-5-7-9-11-12-13-14-15-16-18-23-29-35-31-32-36(30-24-27-33-25-20-19-21-26-33)34(35)28-22-17-10-8-6-4-2/h19-21,25-26,31-32H,3-18,22-24,27-30H2,1-2H3/q+1. The number of benzene rings is 1. The molecule has 0 saturated carbocycles. The molecule has 2 heteroatoms. The van der Waals surface area contributed by atoms with E-state index in [2.05, 4.69) is 65.7 Å². The number of nitrogens with zero attached hydrogens (tertiary/aromatic N) is 2. The van der Waals surface area contributed by atoms with Crippen molar-refractivity contribution in [2.75, 3.05) is 0 Å². The van der Waals surface area contributed by atoms with Gasteiger partial charge in [-0.1, -0.05) is 140 Å². The molecule has 0 atom stereocenters. The van der Waals surface area contributed by atoms with E-state index in [0.29, 0.717) is 0 Å². The molecule has 0 fully saturated rings. The molecule has 0 N–H and O–H groups in total. The molecule has 0 saturated heterocycles. The zero-order valence-electron chi connectivity index (χ0n) is 24.2. The van der Waals surface area contributed by atoms with Gasteiger partial charge < -0.3 is 0 Å². The maximum Gasteiger partial charge on any atom is 0.256 e. The lowest BCUT2D eigenvalue weighted by molar-refractivity contribution is -0.704. The van der Waals surface area contributed by atoms with Crippen LogP contribution >= 0.6 is 0 Å². The van der Waals surface area contributed by atoms with Gasteiger partial charge in [-0.3, -0.25) is 0 Å². The Morgan fingerprint density at radius 3 is 1.67 bits per heavy atom. The average molecular weight is 496 g/mol. The van der Waals surface area contributed by atoms with Gasteiger partial charge in [0.15, 0.2) is 0 Å². The fourth-order valence-corrected chi connectivity index (χ4v) is 5.48. The molecule has 0 aliphatic heterocycles. The minimum Gasteiger partial charge on any atom is -0.234 e. The summed E-state index contributed by atoms with van der Waals surface area (Å²) in [6.45, 7) is 6.96. The predicted molar refractivity (Wildman–Crippen MR) is 158 cm³/mol. The molecule has 0 unspecified atom stereocenters. The molecule has 0 spiro atoms. The van der Waals surface area contributed by atoms with E-state index in [1.807, 2.05) is 0 Å². The lowest BCUT2D eigenvalue weighted by Gasteiger charge is -2.07. The Bertz CT molecular complexity index is 733. The van der Waals surface area contributed by atoms with Gasteiger partial charge in [0.25, 0.3) is 5.82 Å². The van der Waals surface area contributed by atoms with Gasteiger partial charge in [-0.05, 0) is 37.7 Å². The van der Waals surface area contributed by atoms with Crippen molar-refractivity contribution < 1.29 is 4.57 Å². The maximum absolute atomic E-state index is 2.59. The number of hydrogen-bond donors (Lipinski definition) is 0. The zero-order chi connectivity index (χ0) is 25.5. The maximum atomic E-state index is 2.59. The van der Waals surface area contributed by atoms with E-state index < -0.39 is 0 Å². The topological polar surface area (TPSA) is 8.81 Å². The fraction of sp³-hybridized carbons (Fsp3) is 0.735. The second kappa shape index (κ2) is 21.5. The number of imidazole rings is 1. The van der Waals surface area contributed by atoms with Gasteiger partial charge in [0.1, 0.15) is 12.4 Å². The quantitative estimate of drug-likeness (QED) is 0.101. The smallest absolute Gasteiger partial charge is 0.234 e. The molecule has 1 aromatic carbocycles. The van der Waals surface area contributed by atoms with E-state index in [1.165, 1.54) is 147 Å². The molecular formula is C34H59N2+. The van der Waals surface area contributed by atoms with Gasteiger partial charge in [0, 0.05) is 6.42 Å². The molecule has 204 valence electrons. The number of aryl methyl sites for hydroxylation is 3. The Morgan fingerprint density at radius 2 is 1.08 bits per heavy atom. The zero-order valence-corrected chi connectivity index (χ0v) is 24.2. The third-order valence-electron chi connectivity index (χ3n) is 7.80. The first-order valence-electron chi connectivity index (χ1n) is 16.0. The first kappa shape index (κ1) is 30.7. The summed E-state index contributed by atoms with van der Waals surface area (Å²) in [6.07, 6.45) is 33.7. The van der Waals surface area contributed by atoms with Gasteiger partial charge in [0.2, 0.25) is 0 Å². The molecule has 2 nitrogen and oxygen atoms in total. The van der Waals surface area contributed by atoms with Crippen molar-refractivity contribution in [3.8, 4) is 0 Å². The summed E-state index contributed by atoms with van der Waals surface area (Å²) in [4.78, 5) is 0. The van der Waals surface area contributed by atoms with E-state index in [9.17, 15) is 0 Å². The van der Waals surface area contributed by atoms with E-state index >= 15 is 0 Å². The first-order valence-corrected chi connectivity index (χ1v) is 16.0. The highest BCUT2D eigenvalue weighted by Gasteiger charge is 2.16. The van der Waals surface area contributed by atoms with Gasteiger partial charge in [-0.15, -0.1) is 0 Å². The SMILES string of the molecule is CCCCCCCCCCCCCCn1cc[n+](CCCc2ccccc2)c1CCCCCCCC. The molecule has 0 radical (unpaired) electrons. The van der Waals surface area contributed by atoms with Crippen molar-refractivity contribution in [2.24, 2.45) is 0 Å². The number of rotatable bonds is 24. The van der Waals surface area contributed by atoms with Crippen LogP contribution in [-0.4, -0.2) is 4.57 Å². The highest BCUT2D eigenvalue weighted by atomic mass is 15.1. The van der Waals surface area contributed by atoms with Crippen molar-refractivity contribution in [2.45, 2.75) is 162 Å². The van der Waals surface area contributed by atoms with E-state index in [4.69, 9.17) is 0 Å². The van der Waals surface area contributed by atoms with E-state index in [1.54, 1.807) is 5.82 Å². The number of aromatic nitrogens is 2. The minimum atomic E-state index is 1.14. The molecule has 0 amide bonds. The third-order valence-corrected chi connectivity index (χ3v) is 7.80. The molecule has 1 heterocycles.